The van der Waals surface area contributed by atoms with E-state index in [1.165, 1.54) is 19.1 Å². The Hall–Kier alpha value is -7.08. The Morgan fingerprint density at radius 2 is 1.65 bits per heavy atom. The highest BCUT2D eigenvalue weighted by atomic mass is 19.3. The van der Waals surface area contributed by atoms with Gasteiger partial charge in [0, 0.05) is 23.5 Å². The van der Waals surface area contributed by atoms with Gasteiger partial charge in [-0.25, -0.2) is 19.6 Å². The molecule has 4 aromatic carbocycles. The zero-order valence-electron chi connectivity index (χ0n) is 38.3. The Labute approximate surface area is 390 Å². The van der Waals surface area contributed by atoms with Crippen molar-refractivity contribution in [1.29, 1.82) is 0 Å². The second-order valence-electron chi connectivity index (χ2n) is 18.6. The summed E-state index contributed by atoms with van der Waals surface area (Å²) in [5, 5.41) is 7.12. The van der Waals surface area contributed by atoms with Gasteiger partial charge >= 0.3 is 18.8 Å². The van der Waals surface area contributed by atoms with Gasteiger partial charge < -0.3 is 49.3 Å². The average Bonchev–Trinajstić information content (AvgIpc) is 3.86. The highest BCUT2D eigenvalue weighted by Gasteiger charge is 2.85. The molecule has 2 aromatic heterocycles. The zero-order chi connectivity index (χ0) is 47.7. The number of aromatic nitrogens is 4. The number of benzene rings is 4. The molecule has 18 heteroatoms. The molecule has 5 heterocycles. The molecule has 2 aliphatic carbocycles. The van der Waals surface area contributed by atoms with E-state index in [1.54, 1.807) is 44.2 Å². The number of rotatable bonds is 15. The van der Waals surface area contributed by atoms with Gasteiger partial charge in [0.05, 0.1) is 55.8 Å². The van der Waals surface area contributed by atoms with E-state index in [-0.39, 0.29) is 37.1 Å². The van der Waals surface area contributed by atoms with Gasteiger partial charge in [-0.05, 0) is 88.4 Å². The van der Waals surface area contributed by atoms with Gasteiger partial charge in [-0.1, -0.05) is 69.3 Å². The summed E-state index contributed by atoms with van der Waals surface area (Å²) in [5.74, 6) is 1.95. The number of carbonyl (C=O) groups is 4. The number of hydrogen-bond donors (Lipinski definition) is 4. The highest BCUT2D eigenvalue weighted by molar-refractivity contribution is 6.07. The summed E-state index contributed by atoms with van der Waals surface area (Å²) in [6, 6.07) is 20.4. The Kier molecular flexibility index (Phi) is 11.5. The predicted molar refractivity (Wildman–Crippen MR) is 245 cm³/mol. The van der Waals surface area contributed by atoms with Crippen LogP contribution in [0.2, 0.25) is 0 Å². The van der Waals surface area contributed by atoms with Gasteiger partial charge in [0.2, 0.25) is 5.91 Å². The van der Waals surface area contributed by atoms with Crippen LogP contribution in [0.4, 0.5) is 18.4 Å². The minimum atomic E-state index is -2.97. The van der Waals surface area contributed by atoms with E-state index < -0.39 is 48.7 Å². The number of H-pyrrole nitrogens is 2. The molecular formula is C50H52F2N8O8. The van der Waals surface area contributed by atoms with Crippen LogP contribution in [0.3, 0.4) is 0 Å². The molecule has 68 heavy (non-hydrogen) atoms. The van der Waals surface area contributed by atoms with Gasteiger partial charge in [-0.15, -0.1) is 0 Å². The van der Waals surface area contributed by atoms with Crippen molar-refractivity contribution < 1.29 is 46.9 Å². The number of piperidine rings is 1. The number of nitrogens with one attached hydrogen (secondary N) is 4. The van der Waals surface area contributed by atoms with Crippen molar-refractivity contribution in [2.75, 3.05) is 27.4 Å². The number of alkyl halides is 2. The molecule has 2 saturated heterocycles. The van der Waals surface area contributed by atoms with Crippen LogP contribution in [0, 0.1) is 29.6 Å². The Balaban J connectivity index is 0.913. The van der Waals surface area contributed by atoms with Gasteiger partial charge in [0.1, 0.15) is 36.1 Å². The fraction of sp³-hybridized carbons (Fsp3) is 0.400. The van der Waals surface area contributed by atoms with Crippen LogP contribution in [-0.4, -0.2) is 99.8 Å². The molecule has 0 spiro atoms. The topological polar surface area (TPSA) is 193 Å². The lowest BCUT2D eigenvalue weighted by Crippen LogP contribution is -2.51. The maximum atomic E-state index is 14.5. The molecule has 354 valence electrons. The van der Waals surface area contributed by atoms with Crippen molar-refractivity contribution in [3.05, 3.63) is 102 Å². The normalized spacial score (nSPS) is 21.3. The highest BCUT2D eigenvalue weighted by Crippen LogP contribution is 2.81. The summed E-state index contributed by atoms with van der Waals surface area (Å²) < 4.78 is 46.9. The van der Waals surface area contributed by atoms with Crippen molar-refractivity contribution >= 4 is 45.8 Å². The Morgan fingerprint density at radius 1 is 0.897 bits per heavy atom. The summed E-state index contributed by atoms with van der Waals surface area (Å²) in [6.07, 6.45) is 0.369. The van der Waals surface area contributed by atoms with Gasteiger partial charge in [-0.2, -0.15) is 8.78 Å². The van der Waals surface area contributed by atoms with Crippen molar-refractivity contribution in [2.24, 2.45) is 29.6 Å². The van der Waals surface area contributed by atoms with Gasteiger partial charge in [0.25, 0.3) is 5.91 Å². The fourth-order valence-electron chi connectivity index (χ4n) is 10.4. The monoisotopic (exact) mass is 930 g/mol. The number of hydrogen-bond acceptors (Lipinski definition) is 10. The molecule has 4 N–H and O–H groups in total. The Morgan fingerprint density at radius 3 is 2.37 bits per heavy atom. The first-order chi connectivity index (χ1) is 32.8. The second-order valence-corrected chi connectivity index (χ2v) is 18.6. The molecule has 6 aromatic rings. The van der Waals surface area contributed by atoms with E-state index in [9.17, 15) is 28.0 Å². The van der Waals surface area contributed by atoms with Crippen LogP contribution in [0.1, 0.15) is 68.6 Å². The minimum Gasteiger partial charge on any atom is -0.488 e. The predicted octanol–water partition coefficient (Wildman–Crippen LogP) is 8.04. The summed E-state index contributed by atoms with van der Waals surface area (Å²) in [4.78, 5) is 73.4. The molecule has 3 aliphatic heterocycles. The molecule has 4 amide bonds. The second kappa shape index (κ2) is 17.5. The van der Waals surface area contributed by atoms with E-state index in [0.29, 0.717) is 52.5 Å². The Bertz CT molecular complexity index is 2930. The number of ether oxygens (including phenoxy) is 4. The number of halogens is 2. The van der Waals surface area contributed by atoms with Crippen molar-refractivity contribution in [3.63, 3.8) is 0 Å². The molecule has 11 rings (SSSR count). The number of nitrogens with zero attached hydrogens (tertiary/aromatic N) is 4. The van der Waals surface area contributed by atoms with Crippen LogP contribution < -0.4 is 15.4 Å². The number of aromatic amines is 2. The number of fused-ring (bicyclic) bond motifs is 7. The third-order valence-corrected chi connectivity index (χ3v) is 14.0. The zero-order valence-corrected chi connectivity index (χ0v) is 38.3. The largest absolute Gasteiger partial charge is 0.488 e. The van der Waals surface area contributed by atoms with E-state index >= 15 is 0 Å². The molecule has 16 nitrogen and oxygen atoms in total. The summed E-state index contributed by atoms with van der Waals surface area (Å²) in [7, 11) is 2.50. The molecule has 2 bridgehead atoms. The lowest BCUT2D eigenvalue weighted by Gasteiger charge is -2.33. The van der Waals surface area contributed by atoms with E-state index in [4.69, 9.17) is 24.2 Å². The van der Waals surface area contributed by atoms with Crippen LogP contribution in [0.25, 0.3) is 44.2 Å². The van der Waals surface area contributed by atoms with Crippen LogP contribution in [0.5, 0.6) is 5.75 Å². The minimum absolute atomic E-state index is 0.0129. The molecule has 4 fully saturated rings. The smallest absolute Gasteiger partial charge is 0.407 e. The molecule has 9 atom stereocenters. The lowest BCUT2D eigenvalue weighted by atomic mass is 9.92. The van der Waals surface area contributed by atoms with E-state index in [0.717, 1.165) is 44.5 Å². The number of alkyl carbamates (subject to hydrolysis) is 2. The van der Waals surface area contributed by atoms with Crippen LogP contribution >= 0.6 is 0 Å². The molecule has 0 radical (unpaired) electrons. The molecule has 4 unspecified atom stereocenters. The average molecular weight is 931 g/mol. The first-order valence-corrected chi connectivity index (χ1v) is 22.8. The van der Waals surface area contributed by atoms with Gasteiger partial charge in [0.15, 0.2) is 0 Å². The SMILES string of the molecule is COC(=O)N[C@H](C(=O)N1C(c2ncc(-c3ccc4c(c3)COc3cc5c(ccc6[nH]c([C@H](C)N(C[C@H](C)COC(F)F)C(=O)[C@H](NC(=O)OC)c7ccccc7)nc65)cc3-4)[nH]2)C2C3C1[C@@H]23)C(C)C. The molecule has 2 saturated carbocycles. The standard InChI is InChI=1S/C50H52F2N8O8/c1-23(2)39(57-49(63)65-5)47(62)60-42-36-37(42)38(36)43(60)45-53-19-34(55-45)28-12-14-30-29(16-28)22-67-35-18-31-27(17-32(30)35)13-15-33-41(31)56-44(54-33)25(4)59(20-24(3)21-68-48(51)52)46(61)40(58-50(64)66-6)26-10-8-7-9-11-26/h7-19,23-25,36-40,42-43,48H,20-22H2,1-6H3,(H,53,55)(H,54,56)(H,57,63)(H,58,64)/t24-,25-,36+,37?,38?,39-,40+,42?,43?/m0/s1. The van der Waals surface area contributed by atoms with Gasteiger partial charge in [-0.3, -0.25) is 9.59 Å². The maximum absolute atomic E-state index is 14.5. The number of carbonyl (C=O) groups excluding carboxylic acids is 4. The summed E-state index contributed by atoms with van der Waals surface area (Å²) >= 11 is 0. The van der Waals surface area contributed by atoms with Crippen molar-refractivity contribution in [2.45, 2.75) is 71.1 Å². The fourth-order valence-corrected chi connectivity index (χ4v) is 10.4. The van der Waals surface area contributed by atoms with Crippen molar-refractivity contribution in [1.82, 2.24) is 40.4 Å². The first kappa shape index (κ1) is 44.7. The number of methoxy groups -OCH3 is 2. The number of imidazole rings is 2. The first-order valence-electron chi connectivity index (χ1n) is 22.8. The van der Waals surface area contributed by atoms with E-state index in [2.05, 4.69) is 43.5 Å². The van der Waals surface area contributed by atoms with Crippen molar-refractivity contribution in [3.8, 4) is 28.1 Å². The van der Waals surface area contributed by atoms with E-state index in [1.807, 2.05) is 49.2 Å². The van der Waals surface area contributed by atoms with Crippen LogP contribution in [0.15, 0.2) is 79.0 Å². The quantitative estimate of drug-likeness (QED) is 0.0784. The third kappa shape index (κ3) is 7.93. The molecular weight excluding hydrogens is 879 g/mol. The summed E-state index contributed by atoms with van der Waals surface area (Å²) in [6.45, 7) is 4.37. The van der Waals surface area contributed by atoms with Crippen LogP contribution in [-0.2, 0) is 30.4 Å². The lowest BCUT2D eigenvalue weighted by molar-refractivity contribution is -0.144. The maximum Gasteiger partial charge on any atom is 0.407 e. The third-order valence-electron chi connectivity index (χ3n) is 14.0. The number of amides is 4. The molecule has 5 aliphatic rings. The summed E-state index contributed by atoms with van der Waals surface area (Å²) in [5.41, 5.74) is 6.57.